The number of carbonyl (C=O) groups is 1. The summed E-state index contributed by atoms with van der Waals surface area (Å²) in [6.07, 6.45) is 10.2. The van der Waals surface area contributed by atoms with Crippen LogP contribution in [0.1, 0.15) is 55.9 Å². The van der Waals surface area contributed by atoms with Crippen LogP contribution in [0.25, 0.3) is 0 Å². The molecule has 110 valence electrons. The third-order valence-corrected chi connectivity index (χ3v) is 3.57. The van der Waals surface area contributed by atoms with Gasteiger partial charge in [0, 0.05) is 19.6 Å². The molecule has 1 amide bonds. The Hall–Kier alpha value is -1.65. The first-order chi connectivity index (χ1) is 9.81. The Bertz CT molecular complexity index is 410. The van der Waals surface area contributed by atoms with Gasteiger partial charge in [-0.05, 0) is 19.3 Å². The lowest BCUT2D eigenvalue weighted by atomic mass is 10.1. The second-order valence-electron chi connectivity index (χ2n) is 5.27. The van der Waals surface area contributed by atoms with Gasteiger partial charge in [-0.15, -0.1) is 0 Å². The van der Waals surface area contributed by atoms with Crippen LogP contribution < -0.4 is 5.32 Å². The minimum absolute atomic E-state index is 0.0152. The van der Waals surface area contributed by atoms with Crippen LogP contribution in [0, 0.1) is 0 Å². The van der Waals surface area contributed by atoms with Crippen LogP contribution in [-0.2, 0) is 0 Å². The summed E-state index contributed by atoms with van der Waals surface area (Å²) in [7, 11) is 0. The lowest BCUT2D eigenvalue weighted by molar-refractivity contribution is 0.0736. The largest absolute Gasteiger partial charge is 0.369 e. The van der Waals surface area contributed by atoms with Crippen molar-refractivity contribution in [2.45, 2.75) is 45.4 Å². The van der Waals surface area contributed by atoms with Crippen LogP contribution in [-0.4, -0.2) is 40.4 Å². The molecule has 1 aliphatic rings. The zero-order valence-electron chi connectivity index (χ0n) is 12.3. The van der Waals surface area contributed by atoms with E-state index in [1.165, 1.54) is 19.3 Å². The standard InChI is InChI=1S/C15H24N4O/c1-2-8-16-14-12-17-13(11-18-14)15(20)19-9-6-4-3-5-7-10-19/h11-12H,2-10H2,1H3,(H,16,18). The van der Waals surface area contributed by atoms with E-state index in [1.807, 2.05) is 4.90 Å². The van der Waals surface area contributed by atoms with Gasteiger partial charge in [-0.3, -0.25) is 4.79 Å². The highest BCUT2D eigenvalue weighted by Gasteiger charge is 2.18. The third kappa shape index (κ3) is 4.18. The van der Waals surface area contributed by atoms with Crippen molar-refractivity contribution in [1.82, 2.24) is 14.9 Å². The van der Waals surface area contributed by atoms with E-state index >= 15 is 0 Å². The van der Waals surface area contributed by atoms with Gasteiger partial charge in [-0.2, -0.15) is 0 Å². The minimum atomic E-state index is 0.0152. The van der Waals surface area contributed by atoms with Crippen LogP contribution in [0.4, 0.5) is 5.82 Å². The van der Waals surface area contributed by atoms with E-state index in [1.54, 1.807) is 12.4 Å². The van der Waals surface area contributed by atoms with Crippen molar-refractivity contribution in [3.63, 3.8) is 0 Å². The molecule has 0 radical (unpaired) electrons. The first kappa shape index (κ1) is 14.8. The number of aromatic nitrogens is 2. The Morgan fingerprint density at radius 3 is 2.45 bits per heavy atom. The summed E-state index contributed by atoms with van der Waals surface area (Å²) in [6.45, 7) is 4.65. The Balaban J connectivity index is 1.96. The summed E-state index contributed by atoms with van der Waals surface area (Å²) in [5.41, 5.74) is 0.452. The maximum atomic E-state index is 12.4. The molecule has 5 nitrogen and oxygen atoms in total. The zero-order valence-corrected chi connectivity index (χ0v) is 12.3. The van der Waals surface area contributed by atoms with Crippen molar-refractivity contribution < 1.29 is 4.79 Å². The molecule has 0 spiro atoms. The maximum absolute atomic E-state index is 12.4. The van der Waals surface area contributed by atoms with Crippen molar-refractivity contribution >= 4 is 11.7 Å². The average Bonchev–Trinajstić information content (AvgIpc) is 2.45. The summed E-state index contributed by atoms with van der Waals surface area (Å²) in [5, 5.41) is 3.16. The molecule has 0 saturated carbocycles. The molecule has 1 aliphatic heterocycles. The van der Waals surface area contributed by atoms with Gasteiger partial charge in [0.2, 0.25) is 0 Å². The summed E-state index contributed by atoms with van der Waals surface area (Å²) >= 11 is 0. The van der Waals surface area contributed by atoms with E-state index in [2.05, 4.69) is 22.2 Å². The lowest BCUT2D eigenvalue weighted by Gasteiger charge is -2.24. The normalized spacial score (nSPS) is 16.4. The molecular formula is C15H24N4O. The molecule has 0 bridgehead atoms. The molecule has 0 aliphatic carbocycles. The predicted molar refractivity (Wildman–Crippen MR) is 79.8 cm³/mol. The first-order valence-corrected chi connectivity index (χ1v) is 7.66. The van der Waals surface area contributed by atoms with E-state index in [0.717, 1.165) is 44.7 Å². The molecule has 1 aromatic rings. The van der Waals surface area contributed by atoms with Crippen LogP contribution in [0.5, 0.6) is 0 Å². The number of anilines is 1. The third-order valence-electron chi connectivity index (χ3n) is 3.57. The lowest BCUT2D eigenvalue weighted by Crippen LogP contribution is -2.34. The fourth-order valence-electron chi connectivity index (χ4n) is 2.40. The molecule has 0 atom stereocenters. The number of rotatable bonds is 4. The van der Waals surface area contributed by atoms with Gasteiger partial charge in [0.05, 0.1) is 12.4 Å². The molecule has 2 heterocycles. The number of likely N-dealkylation sites (tertiary alicyclic amines) is 1. The van der Waals surface area contributed by atoms with Crippen molar-refractivity contribution in [2.24, 2.45) is 0 Å². The smallest absolute Gasteiger partial charge is 0.274 e. The molecule has 5 heteroatoms. The van der Waals surface area contributed by atoms with Crippen molar-refractivity contribution in [2.75, 3.05) is 25.0 Å². The fraction of sp³-hybridized carbons (Fsp3) is 0.667. The van der Waals surface area contributed by atoms with E-state index < -0.39 is 0 Å². The molecule has 1 aromatic heterocycles. The van der Waals surface area contributed by atoms with Crippen LogP contribution in [0.3, 0.4) is 0 Å². The Morgan fingerprint density at radius 2 is 1.85 bits per heavy atom. The van der Waals surface area contributed by atoms with Gasteiger partial charge in [0.25, 0.3) is 5.91 Å². The zero-order chi connectivity index (χ0) is 14.2. The molecule has 1 saturated heterocycles. The highest BCUT2D eigenvalue weighted by Crippen LogP contribution is 2.13. The highest BCUT2D eigenvalue weighted by molar-refractivity contribution is 5.92. The molecule has 20 heavy (non-hydrogen) atoms. The second kappa shape index (κ2) is 7.82. The van der Waals surface area contributed by atoms with Crippen molar-refractivity contribution in [1.29, 1.82) is 0 Å². The number of carbonyl (C=O) groups excluding carboxylic acids is 1. The Kier molecular flexibility index (Phi) is 5.77. The maximum Gasteiger partial charge on any atom is 0.274 e. The highest BCUT2D eigenvalue weighted by atomic mass is 16.2. The SMILES string of the molecule is CCCNc1cnc(C(=O)N2CCCCCCC2)cn1. The van der Waals surface area contributed by atoms with Crippen LogP contribution in [0.15, 0.2) is 12.4 Å². The van der Waals surface area contributed by atoms with E-state index in [4.69, 9.17) is 0 Å². The van der Waals surface area contributed by atoms with E-state index in [0.29, 0.717) is 5.69 Å². The number of hydrogen-bond donors (Lipinski definition) is 1. The fourth-order valence-corrected chi connectivity index (χ4v) is 2.40. The van der Waals surface area contributed by atoms with E-state index in [9.17, 15) is 4.79 Å². The molecular weight excluding hydrogens is 252 g/mol. The molecule has 0 aromatic carbocycles. The summed E-state index contributed by atoms with van der Waals surface area (Å²) in [6, 6.07) is 0. The summed E-state index contributed by atoms with van der Waals surface area (Å²) in [4.78, 5) is 22.8. The van der Waals surface area contributed by atoms with Gasteiger partial charge in [0.15, 0.2) is 0 Å². The average molecular weight is 276 g/mol. The van der Waals surface area contributed by atoms with Gasteiger partial charge in [0.1, 0.15) is 11.5 Å². The Morgan fingerprint density at radius 1 is 1.15 bits per heavy atom. The van der Waals surface area contributed by atoms with E-state index in [-0.39, 0.29) is 5.91 Å². The van der Waals surface area contributed by atoms with Crippen LogP contribution >= 0.6 is 0 Å². The second-order valence-corrected chi connectivity index (χ2v) is 5.27. The van der Waals surface area contributed by atoms with Gasteiger partial charge < -0.3 is 10.2 Å². The summed E-state index contributed by atoms with van der Waals surface area (Å²) in [5.74, 6) is 0.748. The van der Waals surface area contributed by atoms with Gasteiger partial charge in [-0.25, -0.2) is 9.97 Å². The quantitative estimate of drug-likeness (QED) is 0.918. The number of nitrogens with one attached hydrogen (secondary N) is 1. The van der Waals surface area contributed by atoms with Crippen molar-refractivity contribution in [3.8, 4) is 0 Å². The van der Waals surface area contributed by atoms with Gasteiger partial charge in [-0.1, -0.05) is 26.2 Å². The first-order valence-electron chi connectivity index (χ1n) is 7.66. The number of hydrogen-bond acceptors (Lipinski definition) is 4. The Labute approximate surface area is 120 Å². The molecule has 1 fully saturated rings. The predicted octanol–water partition coefficient (Wildman–Crippen LogP) is 2.70. The topological polar surface area (TPSA) is 58.1 Å². The minimum Gasteiger partial charge on any atom is -0.369 e. The molecule has 1 N–H and O–H groups in total. The van der Waals surface area contributed by atoms with Gasteiger partial charge >= 0.3 is 0 Å². The molecule has 0 unspecified atom stereocenters. The van der Waals surface area contributed by atoms with Crippen molar-refractivity contribution in [3.05, 3.63) is 18.1 Å². The number of nitrogens with zero attached hydrogens (tertiary/aromatic N) is 3. The molecule has 2 rings (SSSR count). The number of amides is 1. The summed E-state index contributed by atoms with van der Waals surface area (Å²) < 4.78 is 0. The monoisotopic (exact) mass is 276 g/mol. The van der Waals surface area contributed by atoms with Crippen LogP contribution in [0.2, 0.25) is 0 Å².